The van der Waals surface area contributed by atoms with Gasteiger partial charge < -0.3 is 5.32 Å². The third-order valence-corrected chi connectivity index (χ3v) is 4.44. The van der Waals surface area contributed by atoms with Crippen LogP contribution in [0.1, 0.15) is 25.8 Å². The molecule has 1 unspecified atom stereocenters. The maximum absolute atomic E-state index is 4.56. The quantitative estimate of drug-likeness (QED) is 0.928. The van der Waals surface area contributed by atoms with E-state index in [0.29, 0.717) is 0 Å². The van der Waals surface area contributed by atoms with Crippen LogP contribution in [0, 0.1) is 0 Å². The first-order valence-corrected chi connectivity index (χ1v) is 7.50. The molecule has 1 fully saturated rings. The maximum Gasteiger partial charge on any atom is 0.0746 e. The molecule has 2 aromatic rings. The number of para-hydroxylation sites is 1. The summed E-state index contributed by atoms with van der Waals surface area (Å²) in [5, 5.41) is 4.88. The fourth-order valence-electron chi connectivity index (χ4n) is 3.05. The summed E-state index contributed by atoms with van der Waals surface area (Å²) in [6, 6.07) is 10.6. The molecule has 3 nitrogen and oxygen atoms in total. The third-order valence-electron chi connectivity index (χ3n) is 4.44. The molecular weight excluding hydrogens is 246 g/mol. The van der Waals surface area contributed by atoms with Crippen LogP contribution in [0.3, 0.4) is 0 Å². The number of rotatable bonds is 3. The van der Waals surface area contributed by atoms with Gasteiger partial charge in [-0.05, 0) is 25.0 Å². The fourth-order valence-corrected chi connectivity index (χ4v) is 3.05. The van der Waals surface area contributed by atoms with Gasteiger partial charge in [0.2, 0.25) is 0 Å². The number of hydrogen-bond donors (Lipinski definition) is 1. The summed E-state index contributed by atoms with van der Waals surface area (Å²) in [6.45, 7) is 8.86. The zero-order chi connectivity index (χ0) is 14.0. The minimum atomic E-state index is 0.246. The Labute approximate surface area is 121 Å². The first-order valence-electron chi connectivity index (χ1n) is 7.50. The number of aromatic nitrogens is 1. The first-order chi connectivity index (χ1) is 9.70. The van der Waals surface area contributed by atoms with Gasteiger partial charge in [-0.2, -0.15) is 0 Å². The number of piperazine rings is 1. The molecule has 1 aliphatic heterocycles. The summed E-state index contributed by atoms with van der Waals surface area (Å²) in [7, 11) is 0. The molecule has 1 saturated heterocycles. The molecule has 0 bridgehead atoms. The van der Waals surface area contributed by atoms with E-state index in [0.717, 1.165) is 38.1 Å². The topological polar surface area (TPSA) is 28.2 Å². The van der Waals surface area contributed by atoms with Gasteiger partial charge in [0.25, 0.3) is 0 Å². The normalized spacial score (nSPS) is 24.1. The number of nitrogens with zero attached hydrogens (tertiary/aromatic N) is 2. The first kappa shape index (κ1) is 13.5. The van der Waals surface area contributed by atoms with Crippen LogP contribution < -0.4 is 5.32 Å². The van der Waals surface area contributed by atoms with Crippen LogP contribution in [-0.4, -0.2) is 35.1 Å². The summed E-state index contributed by atoms with van der Waals surface area (Å²) >= 11 is 0. The molecule has 1 atom stereocenters. The minimum absolute atomic E-state index is 0.246. The van der Waals surface area contributed by atoms with Gasteiger partial charge in [-0.25, -0.2) is 0 Å². The molecule has 3 rings (SSSR count). The number of hydrogen-bond acceptors (Lipinski definition) is 3. The van der Waals surface area contributed by atoms with E-state index in [9.17, 15) is 0 Å². The molecule has 20 heavy (non-hydrogen) atoms. The van der Waals surface area contributed by atoms with Crippen molar-refractivity contribution in [3.8, 4) is 0 Å². The second-order valence-electron chi connectivity index (χ2n) is 6.04. The van der Waals surface area contributed by atoms with Crippen molar-refractivity contribution in [2.24, 2.45) is 0 Å². The van der Waals surface area contributed by atoms with Crippen molar-refractivity contribution in [3.63, 3.8) is 0 Å². The van der Waals surface area contributed by atoms with E-state index >= 15 is 0 Å². The maximum atomic E-state index is 4.56. The Hall–Kier alpha value is -1.45. The number of nitrogens with one attached hydrogen (secondary N) is 1. The van der Waals surface area contributed by atoms with Crippen LogP contribution in [0.4, 0.5) is 0 Å². The summed E-state index contributed by atoms with van der Waals surface area (Å²) in [4.78, 5) is 7.11. The summed E-state index contributed by atoms with van der Waals surface area (Å²) in [5.41, 5.74) is 2.73. The van der Waals surface area contributed by atoms with E-state index in [-0.39, 0.29) is 5.54 Å². The molecule has 0 saturated carbocycles. The standard InChI is InChI=1S/C17H23N3/c1-3-17(2)13-20(11-10-19-17)12-15-7-4-6-14-8-5-9-18-16(14)15/h4-9,19H,3,10-13H2,1-2H3. The largest absolute Gasteiger partial charge is 0.309 e. The lowest BCUT2D eigenvalue weighted by Crippen LogP contribution is -2.58. The van der Waals surface area contributed by atoms with Gasteiger partial charge in [-0.3, -0.25) is 9.88 Å². The van der Waals surface area contributed by atoms with Crippen molar-refractivity contribution in [1.29, 1.82) is 0 Å². The van der Waals surface area contributed by atoms with Crippen molar-refractivity contribution in [1.82, 2.24) is 15.2 Å². The van der Waals surface area contributed by atoms with Gasteiger partial charge in [0.15, 0.2) is 0 Å². The minimum Gasteiger partial charge on any atom is -0.309 e. The van der Waals surface area contributed by atoms with Gasteiger partial charge in [-0.1, -0.05) is 31.2 Å². The highest BCUT2D eigenvalue weighted by Gasteiger charge is 2.28. The van der Waals surface area contributed by atoms with Crippen molar-refractivity contribution < 1.29 is 0 Å². The molecule has 3 heteroatoms. The smallest absolute Gasteiger partial charge is 0.0746 e. The number of benzene rings is 1. The van der Waals surface area contributed by atoms with Gasteiger partial charge in [0.1, 0.15) is 0 Å². The van der Waals surface area contributed by atoms with E-state index in [1.807, 2.05) is 12.3 Å². The second kappa shape index (κ2) is 5.51. The van der Waals surface area contributed by atoms with Crippen LogP contribution in [0.25, 0.3) is 10.9 Å². The monoisotopic (exact) mass is 269 g/mol. The average molecular weight is 269 g/mol. The molecule has 1 aliphatic rings. The van der Waals surface area contributed by atoms with Crippen LogP contribution in [0.2, 0.25) is 0 Å². The Morgan fingerprint density at radius 2 is 2.15 bits per heavy atom. The van der Waals surface area contributed by atoms with Gasteiger partial charge >= 0.3 is 0 Å². The van der Waals surface area contributed by atoms with Crippen molar-refractivity contribution >= 4 is 10.9 Å². The Bertz CT molecular complexity index is 590. The zero-order valence-corrected chi connectivity index (χ0v) is 12.4. The predicted octanol–water partition coefficient (Wildman–Crippen LogP) is 2.81. The van der Waals surface area contributed by atoms with E-state index in [4.69, 9.17) is 0 Å². The summed E-state index contributed by atoms with van der Waals surface area (Å²) in [6.07, 6.45) is 3.05. The van der Waals surface area contributed by atoms with Crippen LogP contribution in [0.5, 0.6) is 0 Å². The molecule has 0 amide bonds. The fraction of sp³-hybridized carbons (Fsp3) is 0.471. The van der Waals surface area contributed by atoms with Gasteiger partial charge in [0, 0.05) is 43.3 Å². The van der Waals surface area contributed by atoms with Crippen LogP contribution >= 0.6 is 0 Å². The molecular formula is C17H23N3. The van der Waals surface area contributed by atoms with E-state index in [1.54, 1.807) is 0 Å². The Kier molecular flexibility index (Phi) is 3.72. The third kappa shape index (κ3) is 2.69. The second-order valence-corrected chi connectivity index (χ2v) is 6.04. The van der Waals surface area contributed by atoms with E-state index in [2.05, 4.69) is 53.3 Å². The highest BCUT2D eigenvalue weighted by Crippen LogP contribution is 2.21. The lowest BCUT2D eigenvalue weighted by Gasteiger charge is -2.41. The molecule has 0 aliphatic carbocycles. The van der Waals surface area contributed by atoms with Crippen LogP contribution in [-0.2, 0) is 6.54 Å². The van der Waals surface area contributed by atoms with E-state index < -0.39 is 0 Å². The Morgan fingerprint density at radius 1 is 1.30 bits per heavy atom. The number of fused-ring (bicyclic) bond motifs is 1. The lowest BCUT2D eigenvalue weighted by atomic mass is 9.95. The number of pyridine rings is 1. The molecule has 0 radical (unpaired) electrons. The molecule has 0 spiro atoms. The average Bonchev–Trinajstić information content (AvgIpc) is 2.48. The molecule has 1 aromatic carbocycles. The molecule has 106 valence electrons. The lowest BCUT2D eigenvalue weighted by molar-refractivity contribution is 0.134. The predicted molar refractivity (Wildman–Crippen MR) is 83.7 cm³/mol. The molecule has 1 aromatic heterocycles. The van der Waals surface area contributed by atoms with Crippen molar-refractivity contribution in [2.45, 2.75) is 32.4 Å². The SMILES string of the molecule is CCC1(C)CN(Cc2cccc3cccnc23)CCN1. The molecule has 1 N–H and O–H groups in total. The van der Waals surface area contributed by atoms with Gasteiger partial charge in [-0.15, -0.1) is 0 Å². The Balaban J connectivity index is 1.83. The summed E-state index contributed by atoms with van der Waals surface area (Å²) < 4.78 is 0. The van der Waals surface area contributed by atoms with Crippen LogP contribution in [0.15, 0.2) is 36.5 Å². The van der Waals surface area contributed by atoms with Gasteiger partial charge in [0.05, 0.1) is 5.52 Å². The highest BCUT2D eigenvalue weighted by atomic mass is 15.2. The Morgan fingerprint density at radius 3 is 3.00 bits per heavy atom. The van der Waals surface area contributed by atoms with Crippen molar-refractivity contribution in [2.75, 3.05) is 19.6 Å². The highest BCUT2D eigenvalue weighted by molar-refractivity contribution is 5.81. The summed E-state index contributed by atoms with van der Waals surface area (Å²) in [5.74, 6) is 0. The van der Waals surface area contributed by atoms with Crippen molar-refractivity contribution in [3.05, 3.63) is 42.1 Å². The molecule has 2 heterocycles. The van der Waals surface area contributed by atoms with E-state index in [1.165, 1.54) is 10.9 Å². The zero-order valence-electron chi connectivity index (χ0n) is 12.4.